The van der Waals surface area contributed by atoms with E-state index in [1.54, 1.807) is 29.8 Å². The van der Waals surface area contributed by atoms with Gasteiger partial charge >= 0.3 is 5.69 Å². The van der Waals surface area contributed by atoms with Gasteiger partial charge in [0.05, 0.1) is 6.54 Å². The van der Waals surface area contributed by atoms with Crippen molar-refractivity contribution in [1.82, 2.24) is 18.7 Å². The Kier molecular flexibility index (Phi) is 5.86. The van der Waals surface area contributed by atoms with Crippen LogP contribution in [0.4, 0.5) is 5.95 Å². The van der Waals surface area contributed by atoms with Gasteiger partial charge in [-0.2, -0.15) is 4.98 Å². The topological polar surface area (TPSA) is 73.8 Å². The zero-order valence-corrected chi connectivity index (χ0v) is 17.8. The fourth-order valence-electron chi connectivity index (χ4n) is 3.05. The van der Waals surface area contributed by atoms with E-state index in [4.69, 9.17) is 23.2 Å². The summed E-state index contributed by atoms with van der Waals surface area (Å²) in [5.41, 5.74) is 0.501. The SMILES string of the molecule is CC(C)CCNc1nc2c(c(=O)n(C)c(=O)n2C)n1Cc1c(Cl)cccc1Cl. The Labute approximate surface area is 172 Å². The maximum absolute atomic E-state index is 12.9. The Morgan fingerprint density at radius 2 is 1.75 bits per heavy atom. The fraction of sp³-hybridized carbons (Fsp3) is 0.421. The summed E-state index contributed by atoms with van der Waals surface area (Å²) in [6.07, 6.45) is 0.937. The highest BCUT2D eigenvalue weighted by molar-refractivity contribution is 6.36. The molecule has 0 spiro atoms. The molecule has 1 N–H and O–H groups in total. The number of nitrogens with one attached hydrogen (secondary N) is 1. The molecule has 7 nitrogen and oxygen atoms in total. The van der Waals surface area contributed by atoms with Crippen molar-refractivity contribution in [3.05, 3.63) is 54.6 Å². The molecule has 0 bridgehead atoms. The molecule has 2 heterocycles. The van der Waals surface area contributed by atoms with Gasteiger partial charge in [0, 0.05) is 36.2 Å². The summed E-state index contributed by atoms with van der Waals surface area (Å²) in [4.78, 5) is 29.7. The summed E-state index contributed by atoms with van der Waals surface area (Å²) in [7, 11) is 3.05. The van der Waals surface area contributed by atoms with Gasteiger partial charge in [-0.3, -0.25) is 18.5 Å². The molecule has 0 unspecified atom stereocenters. The molecule has 3 rings (SSSR count). The molecule has 1 aromatic carbocycles. The Morgan fingerprint density at radius 1 is 1.11 bits per heavy atom. The van der Waals surface area contributed by atoms with Gasteiger partial charge in [-0.25, -0.2) is 4.79 Å². The lowest BCUT2D eigenvalue weighted by Crippen LogP contribution is -2.37. The van der Waals surface area contributed by atoms with E-state index >= 15 is 0 Å². The number of hydrogen-bond acceptors (Lipinski definition) is 4. The first kappa shape index (κ1) is 20.5. The van der Waals surface area contributed by atoms with E-state index in [-0.39, 0.29) is 6.54 Å². The van der Waals surface area contributed by atoms with E-state index < -0.39 is 11.2 Å². The minimum absolute atomic E-state index is 0.256. The minimum Gasteiger partial charge on any atom is -0.356 e. The highest BCUT2D eigenvalue weighted by Crippen LogP contribution is 2.27. The smallest absolute Gasteiger partial charge is 0.332 e. The average molecular weight is 424 g/mol. The number of benzene rings is 1. The predicted octanol–water partition coefficient (Wildman–Crippen LogP) is 3.25. The van der Waals surface area contributed by atoms with Crippen LogP contribution in [0.25, 0.3) is 11.2 Å². The lowest BCUT2D eigenvalue weighted by Gasteiger charge is -2.13. The van der Waals surface area contributed by atoms with Crippen molar-refractivity contribution < 1.29 is 0 Å². The molecule has 0 saturated carbocycles. The van der Waals surface area contributed by atoms with Gasteiger partial charge in [0.2, 0.25) is 5.95 Å². The Hall–Kier alpha value is -2.25. The number of imidazole rings is 1. The summed E-state index contributed by atoms with van der Waals surface area (Å²) in [5.74, 6) is 1.02. The molecule has 0 atom stereocenters. The highest BCUT2D eigenvalue weighted by atomic mass is 35.5. The Morgan fingerprint density at radius 3 is 2.36 bits per heavy atom. The van der Waals surface area contributed by atoms with Crippen LogP contribution < -0.4 is 16.6 Å². The van der Waals surface area contributed by atoms with Crippen LogP contribution in [-0.2, 0) is 20.6 Å². The molecule has 150 valence electrons. The number of aryl methyl sites for hydroxylation is 1. The standard InChI is InChI=1S/C19H23Cl2N5O2/c1-11(2)8-9-22-18-23-16-15(17(27)25(4)19(28)24(16)3)26(18)10-12-13(20)6-5-7-14(12)21/h5-7,11H,8-10H2,1-4H3,(H,22,23). The quantitative estimate of drug-likeness (QED) is 0.660. The van der Waals surface area contributed by atoms with Crippen LogP contribution in [0.15, 0.2) is 27.8 Å². The molecule has 9 heteroatoms. The monoisotopic (exact) mass is 423 g/mol. The van der Waals surface area contributed by atoms with Gasteiger partial charge in [0.15, 0.2) is 11.2 Å². The average Bonchev–Trinajstić information content (AvgIpc) is 2.99. The summed E-state index contributed by atoms with van der Waals surface area (Å²) in [6, 6.07) is 5.27. The van der Waals surface area contributed by atoms with Gasteiger partial charge in [0.1, 0.15) is 0 Å². The van der Waals surface area contributed by atoms with Gasteiger partial charge < -0.3 is 5.32 Å². The summed E-state index contributed by atoms with van der Waals surface area (Å²) >= 11 is 12.7. The Bertz CT molecular complexity index is 1120. The van der Waals surface area contributed by atoms with E-state index in [1.165, 1.54) is 11.6 Å². The molecular weight excluding hydrogens is 401 g/mol. The first-order chi connectivity index (χ1) is 13.2. The fourth-order valence-corrected chi connectivity index (χ4v) is 3.57. The van der Waals surface area contributed by atoms with Crippen molar-refractivity contribution in [2.75, 3.05) is 11.9 Å². The molecule has 0 aliphatic carbocycles. The Balaban J connectivity index is 2.22. The minimum atomic E-state index is -0.424. The third kappa shape index (κ3) is 3.69. The van der Waals surface area contributed by atoms with Crippen LogP contribution in [0.5, 0.6) is 0 Å². The molecule has 2 aromatic heterocycles. The van der Waals surface area contributed by atoms with Crippen LogP contribution in [-0.4, -0.2) is 25.2 Å². The third-order valence-corrected chi connectivity index (χ3v) is 5.44. The molecule has 0 saturated heterocycles. The van der Waals surface area contributed by atoms with E-state index in [0.717, 1.165) is 11.0 Å². The van der Waals surface area contributed by atoms with E-state index in [0.29, 0.717) is 45.2 Å². The van der Waals surface area contributed by atoms with Crippen LogP contribution in [0.1, 0.15) is 25.8 Å². The second kappa shape index (κ2) is 8.01. The van der Waals surface area contributed by atoms with Gasteiger partial charge in [-0.05, 0) is 24.5 Å². The number of hydrogen-bond donors (Lipinski definition) is 1. The first-order valence-corrected chi connectivity index (χ1v) is 9.81. The second-order valence-corrected chi connectivity index (χ2v) is 8.02. The molecule has 0 radical (unpaired) electrons. The van der Waals surface area contributed by atoms with Gasteiger partial charge in [-0.15, -0.1) is 0 Å². The van der Waals surface area contributed by atoms with Crippen molar-refractivity contribution in [2.45, 2.75) is 26.8 Å². The molecule has 28 heavy (non-hydrogen) atoms. The number of nitrogens with zero attached hydrogens (tertiary/aromatic N) is 4. The third-order valence-electron chi connectivity index (χ3n) is 4.73. The second-order valence-electron chi connectivity index (χ2n) is 7.21. The van der Waals surface area contributed by atoms with Crippen molar-refractivity contribution in [3.63, 3.8) is 0 Å². The highest BCUT2D eigenvalue weighted by Gasteiger charge is 2.20. The molecule has 0 amide bonds. The molecular formula is C19H23Cl2N5O2. The molecule has 0 aliphatic rings. The number of aromatic nitrogens is 4. The first-order valence-electron chi connectivity index (χ1n) is 9.05. The number of halogens is 2. The van der Waals surface area contributed by atoms with Gasteiger partial charge in [0.25, 0.3) is 5.56 Å². The largest absolute Gasteiger partial charge is 0.356 e. The molecule has 0 fully saturated rings. The zero-order valence-electron chi connectivity index (χ0n) is 16.3. The number of anilines is 1. The molecule has 0 aliphatic heterocycles. The van der Waals surface area contributed by atoms with Crippen molar-refractivity contribution in [1.29, 1.82) is 0 Å². The normalized spacial score (nSPS) is 11.5. The van der Waals surface area contributed by atoms with Crippen LogP contribution >= 0.6 is 23.2 Å². The van der Waals surface area contributed by atoms with Crippen LogP contribution in [0, 0.1) is 5.92 Å². The summed E-state index contributed by atoms with van der Waals surface area (Å²) in [5, 5.41) is 4.30. The number of fused-ring (bicyclic) bond motifs is 1. The molecule has 3 aromatic rings. The summed E-state index contributed by atoms with van der Waals surface area (Å²) < 4.78 is 4.19. The lowest BCUT2D eigenvalue weighted by atomic mass is 10.1. The van der Waals surface area contributed by atoms with Crippen LogP contribution in [0.3, 0.4) is 0 Å². The maximum Gasteiger partial charge on any atom is 0.332 e. The summed E-state index contributed by atoms with van der Waals surface area (Å²) in [6.45, 7) is 5.21. The van der Waals surface area contributed by atoms with Crippen molar-refractivity contribution in [2.24, 2.45) is 20.0 Å². The van der Waals surface area contributed by atoms with Crippen molar-refractivity contribution in [3.8, 4) is 0 Å². The zero-order chi connectivity index (χ0) is 20.6. The van der Waals surface area contributed by atoms with Crippen LogP contribution in [0.2, 0.25) is 10.0 Å². The number of rotatable bonds is 6. The lowest BCUT2D eigenvalue weighted by molar-refractivity contribution is 0.604. The van der Waals surface area contributed by atoms with E-state index in [1.807, 2.05) is 0 Å². The van der Waals surface area contributed by atoms with E-state index in [2.05, 4.69) is 24.1 Å². The maximum atomic E-state index is 12.9. The van der Waals surface area contributed by atoms with Crippen molar-refractivity contribution >= 4 is 40.3 Å². The van der Waals surface area contributed by atoms with E-state index in [9.17, 15) is 9.59 Å². The van der Waals surface area contributed by atoms with Gasteiger partial charge in [-0.1, -0.05) is 43.1 Å². The predicted molar refractivity (Wildman–Crippen MR) is 114 cm³/mol.